The number of amides is 1. The molecule has 1 amide bonds. The molecule has 0 bridgehead atoms. The van der Waals surface area contributed by atoms with Crippen LogP contribution in [0.25, 0.3) is 0 Å². The number of benzene rings is 3. The van der Waals surface area contributed by atoms with Gasteiger partial charge in [-0.3, -0.25) is 10.0 Å². The molecule has 45 heavy (non-hydrogen) atoms. The third kappa shape index (κ3) is 6.41. The van der Waals surface area contributed by atoms with Crippen molar-refractivity contribution in [3.63, 3.8) is 0 Å². The lowest BCUT2D eigenvalue weighted by atomic mass is 9.95. The number of carbonyl (C=O) groups excluding carboxylic acids is 1. The fraction of sp³-hybridized carbons (Fsp3) is 0.441. The van der Waals surface area contributed by atoms with E-state index in [-0.39, 0.29) is 24.6 Å². The van der Waals surface area contributed by atoms with Crippen LogP contribution in [-0.4, -0.2) is 58.0 Å². The number of hydrogen-bond donors (Lipinski definition) is 1. The number of hydroxylamine groups is 2. The SMILES string of the molecule is CCCOc1c(OC)cc(C2CCC(c3cc(OC)c(OC)c(OC)c3)O2)cc1C(CC)N(O)C(=O)c1ccc2c(c1)OCO2. The highest BCUT2D eigenvalue weighted by atomic mass is 16.7. The van der Waals surface area contributed by atoms with Gasteiger partial charge in [-0.25, -0.2) is 5.06 Å². The first-order valence-corrected chi connectivity index (χ1v) is 15.1. The highest BCUT2D eigenvalue weighted by Crippen LogP contribution is 2.48. The predicted molar refractivity (Wildman–Crippen MR) is 164 cm³/mol. The normalized spacial score (nSPS) is 17.5. The van der Waals surface area contributed by atoms with E-state index in [1.54, 1.807) is 46.6 Å². The molecule has 242 valence electrons. The lowest BCUT2D eigenvalue weighted by molar-refractivity contribution is -0.0916. The highest BCUT2D eigenvalue weighted by Gasteiger charge is 2.34. The van der Waals surface area contributed by atoms with Crippen LogP contribution in [0.1, 0.15) is 84.8 Å². The molecule has 0 spiro atoms. The molecule has 5 rings (SSSR count). The average molecular weight is 624 g/mol. The number of rotatable bonds is 13. The maximum atomic E-state index is 13.5. The van der Waals surface area contributed by atoms with Crippen LogP contribution in [0.4, 0.5) is 0 Å². The van der Waals surface area contributed by atoms with E-state index in [0.29, 0.717) is 58.8 Å². The quantitative estimate of drug-likeness (QED) is 0.161. The molecule has 3 unspecified atom stereocenters. The molecule has 3 atom stereocenters. The summed E-state index contributed by atoms with van der Waals surface area (Å²) in [5, 5.41) is 12.1. The lowest BCUT2D eigenvalue weighted by Crippen LogP contribution is -2.32. The molecule has 0 aliphatic carbocycles. The number of carbonyl (C=O) groups is 1. The fourth-order valence-electron chi connectivity index (χ4n) is 5.83. The van der Waals surface area contributed by atoms with Crippen LogP contribution in [0.2, 0.25) is 0 Å². The molecule has 3 aromatic carbocycles. The minimum Gasteiger partial charge on any atom is -0.493 e. The third-order valence-electron chi connectivity index (χ3n) is 8.10. The molecule has 2 aliphatic rings. The van der Waals surface area contributed by atoms with Gasteiger partial charge < -0.3 is 37.9 Å². The van der Waals surface area contributed by atoms with E-state index in [0.717, 1.165) is 35.5 Å². The maximum absolute atomic E-state index is 13.5. The maximum Gasteiger partial charge on any atom is 0.277 e. The van der Waals surface area contributed by atoms with E-state index in [1.807, 2.05) is 38.1 Å². The van der Waals surface area contributed by atoms with E-state index >= 15 is 0 Å². The van der Waals surface area contributed by atoms with Crippen LogP contribution < -0.4 is 33.2 Å². The van der Waals surface area contributed by atoms with Gasteiger partial charge in [-0.2, -0.15) is 0 Å². The van der Waals surface area contributed by atoms with Crippen LogP contribution in [0.3, 0.4) is 0 Å². The van der Waals surface area contributed by atoms with E-state index in [2.05, 4.69) is 0 Å². The van der Waals surface area contributed by atoms with Crippen molar-refractivity contribution in [3.8, 4) is 40.2 Å². The summed E-state index contributed by atoms with van der Waals surface area (Å²) in [5.74, 6) is 3.04. The molecule has 1 N–H and O–H groups in total. The molecule has 1 fully saturated rings. The van der Waals surface area contributed by atoms with Crippen molar-refractivity contribution in [1.82, 2.24) is 5.06 Å². The van der Waals surface area contributed by atoms with Gasteiger partial charge in [-0.1, -0.05) is 13.8 Å². The Morgan fingerprint density at radius 1 is 0.844 bits per heavy atom. The third-order valence-corrected chi connectivity index (χ3v) is 8.10. The van der Waals surface area contributed by atoms with Crippen LogP contribution in [-0.2, 0) is 4.74 Å². The summed E-state index contributed by atoms with van der Waals surface area (Å²) in [6, 6.07) is 11.8. The van der Waals surface area contributed by atoms with Crippen molar-refractivity contribution in [2.24, 2.45) is 0 Å². The molecule has 2 heterocycles. The average Bonchev–Trinajstić information content (AvgIpc) is 3.76. The molecule has 2 aliphatic heterocycles. The second kappa shape index (κ2) is 14.2. The van der Waals surface area contributed by atoms with E-state index in [9.17, 15) is 10.0 Å². The minimum absolute atomic E-state index is 0.0851. The molecular formula is C34H41NO10. The van der Waals surface area contributed by atoms with Gasteiger partial charge in [0, 0.05) is 11.1 Å². The van der Waals surface area contributed by atoms with Crippen LogP contribution in [0, 0.1) is 0 Å². The van der Waals surface area contributed by atoms with Gasteiger partial charge in [0.2, 0.25) is 12.5 Å². The molecule has 11 nitrogen and oxygen atoms in total. The summed E-state index contributed by atoms with van der Waals surface area (Å²) >= 11 is 0. The van der Waals surface area contributed by atoms with Crippen LogP contribution in [0.15, 0.2) is 42.5 Å². The molecule has 0 radical (unpaired) electrons. The smallest absolute Gasteiger partial charge is 0.277 e. The van der Waals surface area contributed by atoms with Gasteiger partial charge in [0.05, 0.1) is 53.3 Å². The zero-order valence-electron chi connectivity index (χ0n) is 26.6. The van der Waals surface area contributed by atoms with Gasteiger partial charge in [0.15, 0.2) is 34.5 Å². The first-order chi connectivity index (χ1) is 21.9. The predicted octanol–water partition coefficient (Wildman–Crippen LogP) is 6.81. The van der Waals surface area contributed by atoms with Crippen molar-refractivity contribution in [2.45, 2.75) is 57.8 Å². The van der Waals surface area contributed by atoms with Crippen molar-refractivity contribution in [3.05, 3.63) is 64.7 Å². The summed E-state index contributed by atoms with van der Waals surface area (Å²) in [6.45, 7) is 4.43. The summed E-state index contributed by atoms with van der Waals surface area (Å²) in [7, 11) is 6.31. The van der Waals surface area contributed by atoms with Gasteiger partial charge in [0.25, 0.3) is 5.91 Å². The van der Waals surface area contributed by atoms with Crippen molar-refractivity contribution in [1.29, 1.82) is 0 Å². The Morgan fingerprint density at radius 2 is 1.44 bits per heavy atom. The largest absolute Gasteiger partial charge is 0.493 e. The van der Waals surface area contributed by atoms with Gasteiger partial charge in [-0.05, 0) is 79.3 Å². The number of methoxy groups -OCH3 is 4. The Labute approximate surface area is 263 Å². The monoisotopic (exact) mass is 623 g/mol. The number of ether oxygens (including phenoxy) is 8. The summed E-state index contributed by atoms with van der Waals surface area (Å²) in [5.41, 5.74) is 2.65. The van der Waals surface area contributed by atoms with Gasteiger partial charge >= 0.3 is 0 Å². The Bertz CT molecular complexity index is 1480. The zero-order chi connectivity index (χ0) is 32.1. The fourth-order valence-corrected chi connectivity index (χ4v) is 5.83. The summed E-state index contributed by atoms with van der Waals surface area (Å²) in [6.07, 6.45) is 2.15. The number of hydrogen-bond acceptors (Lipinski definition) is 10. The van der Waals surface area contributed by atoms with Crippen LogP contribution in [0.5, 0.6) is 40.2 Å². The Morgan fingerprint density at radius 3 is 2.02 bits per heavy atom. The van der Waals surface area contributed by atoms with Crippen molar-refractivity contribution in [2.75, 3.05) is 41.8 Å². The van der Waals surface area contributed by atoms with E-state index in [1.165, 1.54) is 0 Å². The molecule has 0 saturated carbocycles. The second-order valence-electron chi connectivity index (χ2n) is 10.8. The first kappa shape index (κ1) is 32.1. The van der Waals surface area contributed by atoms with E-state index < -0.39 is 11.9 Å². The number of fused-ring (bicyclic) bond motifs is 1. The van der Waals surface area contributed by atoms with E-state index in [4.69, 9.17) is 37.9 Å². The molecule has 1 saturated heterocycles. The van der Waals surface area contributed by atoms with Crippen molar-refractivity contribution < 1.29 is 47.9 Å². The highest BCUT2D eigenvalue weighted by molar-refractivity contribution is 5.94. The molecule has 11 heteroatoms. The van der Waals surface area contributed by atoms with Crippen LogP contribution >= 0.6 is 0 Å². The van der Waals surface area contributed by atoms with Crippen molar-refractivity contribution >= 4 is 5.91 Å². The first-order valence-electron chi connectivity index (χ1n) is 15.1. The molecule has 0 aromatic heterocycles. The second-order valence-corrected chi connectivity index (χ2v) is 10.8. The summed E-state index contributed by atoms with van der Waals surface area (Å²) < 4.78 is 46.0. The standard InChI is InChI=1S/C34H41NO10/c1-7-13-42-32-23(24(8-2)35(37)34(36)20-9-10-27-28(15-20)44-19-43-27)14-21(16-29(32)38-3)25-11-12-26(45-25)22-17-30(39-4)33(41-6)31(18-22)40-5/h9-10,14-18,24-26,37H,7-8,11-13,19H2,1-6H3. The Kier molecular flexibility index (Phi) is 10.1. The molecular weight excluding hydrogens is 582 g/mol. The molecule has 3 aromatic rings. The zero-order valence-corrected chi connectivity index (χ0v) is 26.6. The number of nitrogens with zero attached hydrogens (tertiary/aromatic N) is 1. The Balaban J connectivity index is 1.48. The lowest BCUT2D eigenvalue weighted by Gasteiger charge is -2.29. The summed E-state index contributed by atoms with van der Waals surface area (Å²) in [4.78, 5) is 13.5. The topological polar surface area (TPSA) is 114 Å². The van der Waals surface area contributed by atoms with Gasteiger partial charge in [0.1, 0.15) is 0 Å². The minimum atomic E-state index is -0.740. The Hall–Kier alpha value is -4.35. The van der Waals surface area contributed by atoms with Gasteiger partial charge in [-0.15, -0.1) is 0 Å².